The van der Waals surface area contributed by atoms with Gasteiger partial charge in [-0.25, -0.2) is 0 Å². The van der Waals surface area contributed by atoms with Crippen LogP contribution in [0.3, 0.4) is 0 Å². The van der Waals surface area contributed by atoms with Gasteiger partial charge in [0, 0.05) is 38.9 Å². The summed E-state index contributed by atoms with van der Waals surface area (Å²) in [6, 6.07) is 0. The lowest BCUT2D eigenvalue weighted by Crippen LogP contribution is -2.37. The summed E-state index contributed by atoms with van der Waals surface area (Å²) in [5.74, 6) is -0.443. The van der Waals surface area contributed by atoms with Crippen LogP contribution in [-0.2, 0) is 14.4 Å². The van der Waals surface area contributed by atoms with Gasteiger partial charge >= 0.3 is 0 Å². The quantitative estimate of drug-likeness (QED) is 0.629. The Morgan fingerprint density at radius 1 is 1.21 bits per heavy atom. The van der Waals surface area contributed by atoms with Crippen molar-refractivity contribution in [3.8, 4) is 0 Å². The summed E-state index contributed by atoms with van der Waals surface area (Å²) in [5, 5.41) is 2.81. The van der Waals surface area contributed by atoms with Crippen LogP contribution in [0.2, 0.25) is 0 Å². The van der Waals surface area contributed by atoms with Crippen molar-refractivity contribution < 1.29 is 14.4 Å². The molecule has 0 atom stereocenters. The summed E-state index contributed by atoms with van der Waals surface area (Å²) >= 11 is 0. The average Bonchev–Trinajstić information content (AvgIpc) is 2.72. The van der Waals surface area contributed by atoms with Crippen LogP contribution in [0.5, 0.6) is 0 Å². The van der Waals surface area contributed by atoms with Gasteiger partial charge in [-0.05, 0) is 13.1 Å². The van der Waals surface area contributed by atoms with Gasteiger partial charge < -0.3 is 10.2 Å². The lowest BCUT2D eigenvalue weighted by molar-refractivity contribution is -0.138. The minimum Gasteiger partial charge on any atom is -0.355 e. The van der Waals surface area contributed by atoms with Crippen molar-refractivity contribution in [1.29, 1.82) is 0 Å². The van der Waals surface area contributed by atoms with E-state index in [0.29, 0.717) is 6.54 Å². The molecule has 1 heterocycles. The highest BCUT2D eigenvalue weighted by atomic mass is 16.2. The van der Waals surface area contributed by atoms with Gasteiger partial charge in [0.25, 0.3) is 0 Å². The number of carbonyl (C=O) groups excluding carboxylic acids is 3. The molecule has 1 saturated heterocycles. The molecule has 0 aromatic heterocycles. The normalized spacial score (nSPS) is 15.4. The first-order chi connectivity index (χ1) is 9.08. The Hall–Kier alpha value is -1.43. The van der Waals surface area contributed by atoms with E-state index in [1.54, 1.807) is 0 Å². The second kappa shape index (κ2) is 7.89. The molecule has 1 N–H and O–H groups in total. The summed E-state index contributed by atoms with van der Waals surface area (Å²) in [6.45, 7) is 7.70. The third-order valence-electron chi connectivity index (χ3n) is 3.36. The van der Waals surface area contributed by atoms with E-state index in [1.807, 2.05) is 0 Å². The van der Waals surface area contributed by atoms with Crippen LogP contribution in [0, 0.1) is 0 Å². The number of likely N-dealkylation sites (tertiary alicyclic amines) is 1. The Morgan fingerprint density at radius 3 is 2.32 bits per heavy atom. The molecule has 0 radical (unpaired) electrons. The maximum Gasteiger partial charge on any atom is 0.229 e. The summed E-state index contributed by atoms with van der Waals surface area (Å²) < 4.78 is 0. The van der Waals surface area contributed by atoms with Crippen LogP contribution in [-0.4, -0.2) is 60.2 Å². The minimum atomic E-state index is -0.166. The predicted molar refractivity (Wildman–Crippen MR) is 71.4 cm³/mol. The number of nitrogens with one attached hydrogen (secondary N) is 1. The van der Waals surface area contributed by atoms with Crippen molar-refractivity contribution in [2.75, 3.05) is 32.7 Å². The topological polar surface area (TPSA) is 69.7 Å². The molecule has 1 aliphatic rings. The zero-order valence-corrected chi connectivity index (χ0v) is 11.8. The Morgan fingerprint density at radius 2 is 1.79 bits per heavy atom. The first-order valence-electron chi connectivity index (χ1n) is 6.90. The summed E-state index contributed by atoms with van der Waals surface area (Å²) in [4.78, 5) is 37.7. The summed E-state index contributed by atoms with van der Waals surface area (Å²) in [7, 11) is 0. The molecule has 3 amide bonds. The average molecular weight is 269 g/mol. The molecule has 19 heavy (non-hydrogen) atoms. The fraction of sp³-hybridized carbons (Fsp3) is 0.769. The number of amides is 3. The molecule has 6 heteroatoms. The summed E-state index contributed by atoms with van der Waals surface area (Å²) in [5.41, 5.74) is 0. The highest BCUT2D eigenvalue weighted by molar-refractivity contribution is 6.02. The van der Waals surface area contributed by atoms with E-state index < -0.39 is 0 Å². The largest absolute Gasteiger partial charge is 0.355 e. The lowest BCUT2D eigenvalue weighted by Gasteiger charge is -2.18. The van der Waals surface area contributed by atoms with E-state index in [-0.39, 0.29) is 43.5 Å². The monoisotopic (exact) mass is 269 g/mol. The second-order valence-corrected chi connectivity index (χ2v) is 4.57. The van der Waals surface area contributed by atoms with Gasteiger partial charge in [-0.1, -0.05) is 13.8 Å². The molecule has 6 nitrogen and oxygen atoms in total. The summed E-state index contributed by atoms with van der Waals surface area (Å²) in [6.07, 6.45) is 0.751. The van der Waals surface area contributed by atoms with Crippen molar-refractivity contribution in [1.82, 2.24) is 15.1 Å². The van der Waals surface area contributed by atoms with Crippen molar-refractivity contribution in [3.05, 3.63) is 0 Å². The number of nitrogens with zero attached hydrogens (tertiary/aromatic N) is 2. The van der Waals surface area contributed by atoms with Gasteiger partial charge in [-0.15, -0.1) is 0 Å². The third-order valence-corrected chi connectivity index (χ3v) is 3.36. The van der Waals surface area contributed by atoms with Crippen LogP contribution in [0.4, 0.5) is 0 Å². The molecule has 0 bridgehead atoms. The molecule has 1 aliphatic heterocycles. The molecule has 0 aliphatic carbocycles. The van der Waals surface area contributed by atoms with Gasteiger partial charge in [0.2, 0.25) is 17.7 Å². The molecule has 0 aromatic carbocycles. The van der Waals surface area contributed by atoms with Crippen molar-refractivity contribution in [2.45, 2.75) is 33.1 Å². The fourth-order valence-corrected chi connectivity index (χ4v) is 2.07. The van der Waals surface area contributed by atoms with Crippen molar-refractivity contribution >= 4 is 17.7 Å². The maximum atomic E-state index is 11.6. The number of rotatable bonds is 8. The van der Waals surface area contributed by atoms with Gasteiger partial charge in [0.05, 0.1) is 0 Å². The first-order valence-corrected chi connectivity index (χ1v) is 6.90. The van der Waals surface area contributed by atoms with E-state index in [9.17, 15) is 14.4 Å². The molecule has 1 rings (SSSR count). The van der Waals surface area contributed by atoms with Gasteiger partial charge in [-0.3, -0.25) is 19.3 Å². The molecular weight excluding hydrogens is 246 g/mol. The first kappa shape index (κ1) is 15.6. The highest BCUT2D eigenvalue weighted by Crippen LogP contribution is 2.11. The molecule has 0 unspecified atom stereocenters. The zero-order valence-electron chi connectivity index (χ0n) is 11.8. The molecule has 1 fully saturated rings. The number of imide groups is 1. The van der Waals surface area contributed by atoms with Crippen LogP contribution in [0.1, 0.15) is 33.1 Å². The van der Waals surface area contributed by atoms with Gasteiger partial charge in [0.1, 0.15) is 0 Å². The van der Waals surface area contributed by atoms with Gasteiger partial charge in [0.15, 0.2) is 0 Å². The highest BCUT2D eigenvalue weighted by Gasteiger charge is 2.28. The molecular formula is C13H23N3O3. The van der Waals surface area contributed by atoms with Crippen LogP contribution < -0.4 is 5.32 Å². The molecule has 0 spiro atoms. The van der Waals surface area contributed by atoms with E-state index in [4.69, 9.17) is 0 Å². The van der Waals surface area contributed by atoms with Crippen molar-refractivity contribution in [3.63, 3.8) is 0 Å². The maximum absolute atomic E-state index is 11.6. The lowest BCUT2D eigenvalue weighted by atomic mass is 10.3. The Kier molecular flexibility index (Phi) is 6.49. The second-order valence-electron chi connectivity index (χ2n) is 4.57. The predicted octanol–water partition coefficient (Wildman–Crippen LogP) is -0.0165. The number of likely N-dealkylation sites (N-methyl/N-ethyl adjacent to an activating group) is 1. The third kappa shape index (κ3) is 4.98. The molecule has 0 aromatic rings. The fourth-order valence-electron chi connectivity index (χ4n) is 2.07. The Labute approximate surface area is 114 Å². The van der Waals surface area contributed by atoms with E-state index in [2.05, 4.69) is 24.1 Å². The van der Waals surface area contributed by atoms with Gasteiger partial charge in [-0.2, -0.15) is 0 Å². The molecule has 0 saturated carbocycles. The van der Waals surface area contributed by atoms with Crippen LogP contribution in [0.25, 0.3) is 0 Å². The number of hydrogen-bond acceptors (Lipinski definition) is 4. The van der Waals surface area contributed by atoms with Crippen LogP contribution in [0.15, 0.2) is 0 Å². The smallest absolute Gasteiger partial charge is 0.229 e. The number of hydrogen-bond donors (Lipinski definition) is 1. The standard InChI is InChI=1S/C13H23N3O3/c1-3-15(4-2)10-8-14-11(17)7-9-16-12(18)5-6-13(16)19/h3-10H2,1-2H3,(H,14,17). The Balaban J connectivity index is 2.17. The van der Waals surface area contributed by atoms with E-state index in [0.717, 1.165) is 19.6 Å². The van der Waals surface area contributed by atoms with Crippen molar-refractivity contribution in [2.24, 2.45) is 0 Å². The zero-order chi connectivity index (χ0) is 14.3. The van der Waals surface area contributed by atoms with E-state index >= 15 is 0 Å². The molecule has 108 valence electrons. The number of carbonyl (C=O) groups is 3. The van der Waals surface area contributed by atoms with E-state index in [1.165, 1.54) is 4.90 Å². The SMILES string of the molecule is CCN(CC)CCNC(=O)CCN1C(=O)CCC1=O. The minimum absolute atomic E-state index is 0.111. The van der Waals surface area contributed by atoms with Crippen LogP contribution >= 0.6 is 0 Å². The Bertz CT molecular complexity index is 324.